The molecule has 0 bridgehead atoms. The third-order valence-electron chi connectivity index (χ3n) is 11.4. The monoisotopic (exact) mass is 807 g/mol. The fourth-order valence-electron chi connectivity index (χ4n) is 7.93. The van der Waals surface area contributed by atoms with Gasteiger partial charge >= 0.3 is 7.82 Å². The topological polar surface area (TPSA) is 99.1 Å². The number of phosphoric ester groups is 1. The summed E-state index contributed by atoms with van der Waals surface area (Å²) in [5, 5.41) is 3.51. The lowest BCUT2D eigenvalue weighted by Gasteiger charge is -2.24. The predicted molar refractivity (Wildman–Crippen MR) is 242 cm³/mol. The molecule has 0 saturated carbocycles. The Morgan fingerprint density at radius 2 is 0.946 bits per heavy atom. The molecule has 7 nitrogen and oxygen atoms in total. The number of anilines is 1. The van der Waals surface area contributed by atoms with E-state index in [2.05, 4.69) is 19.2 Å². The minimum atomic E-state index is -4.76. The Labute approximate surface area is 346 Å². The van der Waals surface area contributed by atoms with Crippen LogP contribution in [-0.2, 0) is 9.09 Å². The van der Waals surface area contributed by atoms with Crippen molar-refractivity contribution in [1.29, 1.82) is 0 Å². The maximum atomic E-state index is 13.7. The minimum absolute atomic E-state index is 0.0181. The highest BCUT2D eigenvalue weighted by Crippen LogP contribution is 2.43. The molecule has 0 radical (unpaired) electrons. The molecule has 8 heteroatoms. The van der Waals surface area contributed by atoms with Crippen LogP contribution in [0.15, 0.2) is 18.2 Å². The summed E-state index contributed by atoms with van der Waals surface area (Å²) >= 11 is 0. The zero-order chi connectivity index (χ0) is 41.0. The van der Waals surface area contributed by atoms with Crippen LogP contribution in [0.2, 0.25) is 0 Å². The lowest BCUT2D eigenvalue weighted by atomic mass is 9.95. The summed E-state index contributed by atoms with van der Waals surface area (Å²) in [5.41, 5.74) is 1.94. The van der Waals surface area contributed by atoms with Crippen molar-refractivity contribution in [2.45, 2.75) is 238 Å². The third-order valence-corrected chi connectivity index (χ3v) is 11.9. The number of hydrogen-bond acceptors (Lipinski definition) is 5. The summed E-state index contributed by atoms with van der Waals surface area (Å²) in [4.78, 5) is 34.9. The number of benzene rings is 1. The summed E-state index contributed by atoms with van der Waals surface area (Å²) < 4.78 is 17.2. The zero-order valence-electron chi connectivity index (χ0n) is 37.3. The second-order valence-electron chi connectivity index (χ2n) is 17.2. The highest BCUT2D eigenvalue weighted by molar-refractivity contribution is 7.46. The number of likely N-dealkylation sites (N-methyl/N-ethyl adjacent to an activating group) is 1. The Morgan fingerprint density at radius 3 is 1.30 bits per heavy atom. The average molecular weight is 807 g/mol. The van der Waals surface area contributed by atoms with Crippen molar-refractivity contribution in [3.8, 4) is 0 Å². The number of nitrogens with one attached hydrogen (secondary N) is 1. The van der Waals surface area contributed by atoms with Crippen molar-refractivity contribution in [2.75, 3.05) is 32.5 Å². The van der Waals surface area contributed by atoms with E-state index in [1.165, 1.54) is 186 Å². The van der Waals surface area contributed by atoms with Crippen molar-refractivity contribution in [3.63, 3.8) is 0 Å². The summed E-state index contributed by atoms with van der Waals surface area (Å²) in [7, 11) is -1.09. The van der Waals surface area contributed by atoms with Crippen molar-refractivity contribution in [2.24, 2.45) is 0 Å². The van der Waals surface area contributed by atoms with E-state index in [1.807, 2.05) is 37.2 Å². The Kier molecular flexibility index (Phi) is 34.7. The molecule has 0 aliphatic rings. The largest absolute Gasteiger partial charge is 0.470 e. The van der Waals surface area contributed by atoms with Crippen LogP contribution < -0.4 is 5.32 Å². The van der Waals surface area contributed by atoms with Gasteiger partial charge in [0.25, 0.3) is 0 Å². The first-order chi connectivity index (χ1) is 27.2. The summed E-state index contributed by atoms with van der Waals surface area (Å²) in [5.74, 6) is 0.0181. The number of hydrogen-bond donors (Lipinski definition) is 3. The number of phosphoric acid groups is 1. The van der Waals surface area contributed by atoms with Crippen molar-refractivity contribution < 1.29 is 23.7 Å². The highest BCUT2D eigenvalue weighted by Gasteiger charge is 2.28. The van der Waals surface area contributed by atoms with Crippen molar-refractivity contribution in [1.82, 2.24) is 4.90 Å². The highest BCUT2D eigenvalue weighted by atomic mass is 31.2. The SMILES string of the molecule is CCCCCCCCCCCCCCCCCCCCNc1ccc(C(CN(C)C)OP(=O)(O)O)c(C(=O)CCCCCCCCCCCCCCCCC)c1. The third kappa shape index (κ3) is 31.7. The maximum absolute atomic E-state index is 13.7. The fourth-order valence-corrected chi connectivity index (χ4v) is 8.44. The molecular formula is C48H91N2O5P. The number of ketones is 1. The molecule has 0 aromatic heterocycles. The van der Waals surface area contributed by atoms with Crippen molar-refractivity contribution in [3.05, 3.63) is 29.3 Å². The molecule has 56 heavy (non-hydrogen) atoms. The molecule has 1 rings (SSSR count). The molecule has 1 unspecified atom stereocenters. The van der Waals surface area contributed by atoms with E-state index < -0.39 is 13.9 Å². The Balaban J connectivity index is 2.40. The van der Waals surface area contributed by atoms with Crippen LogP contribution >= 0.6 is 7.82 Å². The summed E-state index contributed by atoms with van der Waals surface area (Å²) in [6.07, 6.45) is 43.1. The number of Topliss-reactive ketones (excluding diaryl/α,β-unsaturated/α-hetero) is 1. The molecule has 0 fully saturated rings. The smallest absolute Gasteiger partial charge is 0.385 e. The van der Waals surface area contributed by atoms with Crippen LogP contribution in [0.5, 0.6) is 0 Å². The molecule has 328 valence electrons. The second kappa shape index (κ2) is 36.8. The predicted octanol–water partition coefficient (Wildman–Crippen LogP) is 15.3. The minimum Gasteiger partial charge on any atom is -0.385 e. The number of nitrogens with zero attached hydrogens (tertiary/aromatic N) is 1. The van der Waals surface area contributed by atoms with Gasteiger partial charge in [0.2, 0.25) is 0 Å². The zero-order valence-corrected chi connectivity index (χ0v) is 38.2. The lowest BCUT2D eigenvalue weighted by Crippen LogP contribution is -2.23. The average Bonchev–Trinajstić information content (AvgIpc) is 3.16. The van der Waals surface area contributed by atoms with E-state index in [0.29, 0.717) is 17.5 Å². The first-order valence-electron chi connectivity index (χ1n) is 24.0. The van der Waals surface area contributed by atoms with Crippen LogP contribution in [0.3, 0.4) is 0 Å². The van der Waals surface area contributed by atoms with Gasteiger partial charge in [-0.3, -0.25) is 9.32 Å². The molecule has 0 spiro atoms. The molecule has 0 saturated heterocycles. The molecule has 1 aromatic carbocycles. The van der Waals surface area contributed by atoms with Gasteiger partial charge in [0, 0.05) is 30.8 Å². The number of carbonyl (C=O) groups is 1. The van der Waals surface area contributed by atoms with Crippen LogP contribution in [0.4, 0.5) is 5.69 Å². The Hall–Kier alpha value is -1.24. The molecule has 0 aliphatic heterocycles. The van der Waals surface area contributed by atoms with Crippen molar-refractivity contribution >= 4 is 19.3 Å². The second-order valence-corrected chi connectivity index (χ2v) is 18.4. The van der Waals surface area contributed by atoms with Gasteiger partial charge in [-0.05, 0) is 44.6 Å². The van der Waals surface area contributed by atoms with Gasteiger partial charge < -0.3 is 20.0 Å². The standard InChI is InChI=1S/C48H91N2O5P/c1-5-7-9-11-13-15-17-19-21-22-23-25-27-29-31-33-35-37-41-49-44-39-40-45(48(43-50(3)4)55-56(52,53)54)46(42-44)47(51)38-36-34-32-30-28-26-24-20-18-16-14-12-10-8-6-2/h39-40,42,48-49H,5-38,41,43H2,1-4H3,(H2,52,53,54). The Morgan fingerprint density at radius 1 is 0.589 bits per heavy atom. The first kappa shape index (κ1) is 52.8. The van der Waals surface area contributed by atoms with E-state index in [0.717, 1.165) is 37.9 Å². The van der Waals surface area contributed by atoms with Gasteiger partial charge in [0.15, 0.2) is 5.78 Å². The van der Waals surface area contributed by atoms with Crippen LogP contribution in [0.25, 0.3) is 0 Å². The van der Waals surface area contributed by atoms with Gasteiger partial charge in [0.1, 0.15) is 6.10 Å². The molecule has 3 N–H and O–H groups in total. The van der Waals surface area contributed by atoms with Gasteiger partial charge in [-0.25, -0.2) is 4.57 Å². The molecule has 1 aromatic rings. The molecule has 1 atom stereocenters. The maximum Gasteiger partial charge on any atom is 0.470 e. The molecular weight excluding hydrogens is 716 g/mol. The first-order valence-corrected chi connectivity index (χ1v) is 25.5. The lowest BCUT2D eigenvalue weighted by molar-refractivity contribution is 0.0947. The molecule has 0 heterocycles. The van der Waals surface area contributed by atoms with E-state index in [9.17, 15) is 19.1 Å². The van der Waals surface area contributed by atoms with Gasteiger partial charge in [-0.1, -0.05) is 219 Å². The number of rotatable bonds is 42. The normalized spacial score (nSPS) is 12.5. The number of carbonyl (C=O) groups excluding carboxylic acids is 1. The number of unbranched alkanes of at least 4 members (excludes halogenated alkanes) is 31. The Bertz CT molecular complexity index is 1090. The van der Waals surface area contributed by atoms with E-state index in [-0.39, 0.29) is 12.3 Å². The van der Waals surface area contributed by atoms with E-state index >= 15 is 0 Å². The fraction of sp³-hybridized carbons (Fsp3) is 0.854. The van der Waals surface area contributed by atoms with Crippen LogP contribution in [0.1, 0.15) is 254 Å². The molecule has 0 aliphatic carbocycles. The molecule has 0 amide bonds. The van der Waals surface area contributed by atoms with Crippen LogP contribution in [-0.4, -0.2) is 47.7 Å². The quantitative estimate of drug-likeness (QED) is 0.0344. The van der Waals surface area contributed by atoms with E-state index in [4.69, 9.17) is 4.52 Å². The summed E-state index contributed by atoms with van der Waals surface area (Å²) in [6.45, 7) is 5.66. The van der Waals surface area contributed by atoms with Gasteiger partial charge in [-0.15, -0.1) is 0 Å². The van der Waals surface area contributed by atoms with Gasteiger partial charge in [-0.2, -0.15) is 0 Å². The summed E-state index contributed by atoms with van der Waals surface area (Å²) in [6, 6.07) is 5.62. The van der Waals surface area contributed by atoms with E-state index in [1.54, 1.807) is 0 Å². The van der Waals surface area contributed by atoms with Crippen LogP contribution in [0, 0.1) is 0 Å². The van der Waals surface area contributed by atoms with Gasteiger partial charge in [0.05, 0.1) is 0 Å².